The predicted octanol–water partition coefficient (Wildman–Crippen LogP) is 0.470. The first kappa shape index (κ1) is 17.5. The molecule has 0 radical (unpaired) electrons. The van der Waals surface area contributed by atoms with E-state index in [1.165, 1.54) is 11.3 Å². The van der Waals surface area contributed by atoms with Crippen LogP contribution in [0.2, 0.25) is 0 Å². The van der Waals surface area contributed by atoms with Crippen LogP contribution in [0.3, 0.4) is 0 Å². The van der Waals surface area contributed by atoms with Crippen molar-refractivity contribution in [2.75, 3.05) is 39.3 Å². The van der Waals surface area contributed by atoms with Crippen LogP contribution in [0.1, 0.15) is 39.6 Å². The number of carbonyl (C=O) groups is 2. The quantitative estimate of drug-likeness (QED) is 0.825. The van der Waals surface area contributed by atoms with Crippen molar-refractivity contribution in [2.45, 2.75) is 38.0 Å². The van der Waals surface area contributed by atoms with E-state index in [9.17, 15) is 9.59 Å². The van der Waals surface area contributed by atoms with Crippen molar-refractivity contribution in [1.29, 1.82) is 0 Å². The van der Waals surface area contributed by atoms with Crippen molar-refractivity contribution < 1.29 is 16.0 Å². The Bertz CT molecular complexity index is 697. The van der Waals surface area contributed by atoms with Crippen LogP contribution in [-0.2, 0) is 15.0 Å². The zero-order chi connectivity index (χ0) is 18.1. The predicted molar refractivity (Wildman–Crippen MR) is 101 cm³/mol. The van der Waals surface area contributed by atoms with Gasteiger partial charge in [-0.2, -0.15) is 10.4 Å². The molecule has 0 aromatic heterocycles. The maximum absolute atomic E-state index is 12.4. The Labute approximate surface area is 156 Å². The van der Waals surface area contributed by atoms with E-state index < -0.39 is 0 Å². The van der Waals surface area contributed by atoms with Gasteiger partial charge in [-0.05, 0) is 38.8 Å². The smallest absolute Gasteiger partial charge is 0.262 e. The Morgan fingerprint density at radius 2 is 1.85 bits per heavy atom. The van der Waals surface area contributed by atoms with Crippen LogP contribution < -0.4 is 10.4 Å². The number of fused-ring (bicyclic) bond motifs is 2. The Hall–Kier alpha value is -1.92. The maximum atomic E-state index is 12.4. The zero-order valence-electron chi connectivity index (χ0n) is 15.6. The number of hydrogen-bond acceptors (Lipinski definition) is 3. The Balaban J connectivity index is 0.00000210. The summed E-state index contributed by atoms with van der Waals surface area (Å²) in [7, 11) is 0. The summed E-state index contributed by atoms with van der Waals surface area (Å²) in [6.07, 6.45) is 4.38. The first-order valence-electron chi connectivity index (χ1n) is 9.81. The molecule has 4 rings (SSSR count). The molecule has 1 spiro atoms. The van der Waals surface area contributed by atoms with E-state index in [0.717, 1.165) is 63.4 Å². The summed E-state index contributed by atoms with van der Waals surface area (Å²) >= 11 is 0. The molecule has 1 aromatic rings. The third kappa shape index (κ3) is 3.23. The average Bonchev–Trinajstić information content (AvgIpc) is 3.25. The highest BCUT2D eigenvalue weighted by molar-refractivity contribution is 5.78. The highest BCUT2D eigenvalue weighted by Crippen LogP contribution is 2.40. The van der Waals surface area contributed by atoms with Gasteiger partial charge >= 0.3 is 0 Å². The molecule has 2 fully saturated rings. The number of benzene rings is 1. The number of amides is 2. The molecule has 6 nitrogen and oxygen atoms in total. The Kier molecular flexibility index (Phi) is 4.71. The largest absolute Gasteiger partial charge is 0.342 e. The molecule has 0 bridgehead atoms. The SMILES string of the molecule is CC(=O)N[NH+]1CC2(CCN(CC(=O)N3CCCC3)CC2)c2ccccc21.[HH]. The number of para-hydroxylation sites is 1. The fourth-order valence-electron chi connectivity index (χ4n) is 4.90. The molecule has 2 amide bonds. The van der Waals surface area contributed by atoms with Crippen molar-refractivity contribution >= 4 is 17.5 Å². The van der Waals surface area contributed by atoms with Gasteiger partial charge in [0, 0.05) is 33.1 Å². The minimum absolute atomic E-state index is 0. The average molecular weight is 359 g/mol. The van der Waals surface area contributed by atoms with Crippen molar-refractivity contribution in [2.24, 2.45) is 0 Å². The van der Waals surface area contributed by atoms with Gasteiger partial charge in [0.25, 0.3) is 5.91 Å². The molecule has 0 saturated carbocycles. The second kappa shape index (κ2) is 7.00. The standard InChI is InChI=1S/C20H28N4O2.H2/c1-16(25)21-24-15-20(17-6-2-3-7-18(17)24)8-12-22(13-9-20)14-19(26)23-10-4-5-11-23;/h2-3,6-7H,4-5,8-15H2,1H3,(H,21,25);1H/p+1. The minimum atomic E-state index is 0. The first-order valence-corrected chi connectivity index (χ1v) is 9.81. The summed E-state index contributed by atoms with van der Waals surface area (Å²) in [5.41, 5.74) is 5.73. The van der Waals surface area contributed by atoms with E-state index in [1.54, 1.807) is 6.92 Å². The van der Waals surface area contributed by atoms with Gasteiger partial charge in [-0.15, -0.1) is 0 Å². The third-order valence-electron chi connectivity index (χ3n) is 6.30. The molecule has 2 saturated heterocycles. The molecule has 3 aliphatic rings. The van der Waals surface area contributed by atoms with Crippen LogP contribution in [0.5, 0.6) is 0 Å². The number of hydrogen-bond donors (Lipinski definition) is 2. The van der Waals surface area contributed by atoms with E-state index in [0.29, 0.717) is 6.54 Å². The fraction of sp³-hybridized carbons (Fsp3) is 0.600. The van der Waals surface area contributed by atoms with Crippen LogP contribution >= 0.6 is 0 Å². The summed E-state index contributed by atoms with van der Waals surface area (Å²) in [5.74, 6) is 0.288. The molecule has 1 aromatic carbocycles. The molecule has 6 heteroatoms. The molecule has 1 atom stereocenters. The molecule has 3 aliphatic heterocycles. The lowest BCUT2D eigenvalue weighted by Crippen LogP contribution is -3.14. The lowest BCUT2D eigenvalue weighted by molar-refractivity contribution is -0.868. The van der Waals surface area contributed by atoms with E-state index in [2.05, 4.69) is 28.5 Å². The second-order valence-electron chi connectivity index (χ2n) is 8.03. The van der Waals surface area contributed by atoms with Crippen molar-refractivity contribution in [3.05, 3.63) is 29.8 Å². The van der Waals surface area contributed by atoms with Crippen LogP contribution in [0.4, 0.5) is 5.69 Å². The topological polar surface area (TPSA) is 57.1 Å². The van der Waals surface area contributed by atoms with Gasteiger partial charge in [0.1, 0.15) is 6.54 Å². The third-order valence-corrected chi connectivity index (χ3v) is 6.30. The van der Waals surface area contributed by atoms with E-state index in [4.69, 9.17) is 0 Å². The molecule has 1 unspecified atom stereocenters. The number of rotatable bonds is 3. The van der Waals surface area contributed by atoms with E-state index in [-0.39, 0.29) is 18.7 Å². The van der Waals surface area contributed by atoms with Gasteiger partial charge in [0.15, 0.2) is 5.69 Å². The number of nitrogens with one attached hydrogen (secondary N) is 2. The summed E-state index contributed by atoms with van der Waals surface area (Å²) in [4.78, 5) is 28.4. The summed E-state index contributed by atoms with van der Waals surface area (Å²) in [6, 6.07) is 8.48. The Morgan fingerprint density at radius 1 is 1.15 bits per heavy atom. The number of carbonyl (C=O) groups excluding carboxylic acids is 2. The van der Waals surface area contributed by atoms with Gasteiger partial charge in [0.05, 0.1) is 12.0 Å². The van der Waals surface area contributed by atoms with Crippen molar-refractivity contribution in [3.63, 3.8) is 0 Å². The molecular weight excluding hydrogens is 328 g/mol. The highest BCUT2D eigenvalue weighted by atomic mass is 16.2. The molecule has 0 aliphatic carbocycles. The number of likely N-dealkylation sites (tertiary alicyclic amines) is 2. The van der Waals surface area contributed by atoms with Gasteiger partial charge in [-0.3, -0.25) is 14.5 Å². The van der Waals surface area contributed by atoms with Gasteiger partial charge in [0.2, 0.25) is 5.91 Å². The van der Waals surface area contributed by atoms with E-state index >= 15 is 0 Å². The van der Waals surface area contributed by atoms with Gasteiger partial charge in [-0.1, -0.05) is 18.2 Å². The van der Waals surface area contributed by atoms with Crippen molar-refractivity contribution in [3.8, 4) is 0 Å². The zero-order valence-corrected chi connectivity index (χ0v) is 15.6. The summed E-state index contributed by atoms with van der Waals surface area (Å²) in [5, 5.41) is 1.06. The lowest BCUT2D eigenvalue weighted by Gasteiger charge is -2.38. The maximum Gasteiger partial charge on any atom is 0.262 e. The second-order valence-corrected chi connectivity index (χ2v) is 8.03. The molecular formula is C20H31N4O2+. The monoisotopic (exact) mass is 359 g/mol. The molecule has 2 N–H and O–H groups in total. The first-order chi connectivity index (χ1) is 12.6. The van der Waals surface area contributed by atoms with Crippen LogP contribution in [-0.4, -0.2) is 60.9 Å². The number of nitrogens with zero attached hydrogens (tertiary/aromatic N) is 2. The highest BCUT2D eigenvalue weighted by Gasteiger charge is 2.49. The van der Waals surface area contributed by atoms with Gasteiger partial charge in [-0.25, -0.2) is 0 Å². The van der Waals surface area contributed by atoms with Crippen LogP contribution in [0, 0.1) is 0 Å². The number of quaternary nitrogens is 1. The van der Waals surface area contributed by atoms with Crippen LogP contribution in [0.25, 0.3) is 0 Å². The Morgan fingerprint density at radius 3 is 2.54 bits per heavy atom. The minimum Gasteiger partial charge on any atom is -0.342 e. The van der Waals surface area contributed by atoms with Crippen molar-refractivity contribution in [1.82, 2.24) is 15.2 Å². The summed E-state index contributed by atoms with van der Waals surface area (Å²) < 4.78 is 0. The lowest BCUT2D eigenvalue weighted by atomic mass is 9.74. The molecule has 3 heterocycles. The number of piperidine rings is 1. The normalized spacial score (nSPS) is 24.7. The van der Waals surface area contributed by atoms with Crippen LogP contribution in [0.15, 0.2) is 24.3 Å². The van der Waals surface area contributed by atoms with Gasteiger partial charge < -0.3 is 4.90 Å². The molecule has 26 heavy (non-hydrogen) atoms. The van der Waals surface area contributed by atoms with E-state index in [1.807, 2.05) is 11.0 Å². The molecule has 142 valence electrons. The summed E-state index contributed by atoms with van der Waals surface area (Å²) in [6.45, 7) is 6.79. The fourth-order valence-corrected chi connectivity index (χ4v) is 4.90.